The van der Waals surface area contributed by atoms with Crippen LogP contribution in [0.3, 0.4) is 0 Å². The van der Waals surface area contributed by atoms with Gasteiger partial charge in [0.2, 0.25) is 0 Å². The first-order valence-electron chi connectivity index (χ1n) is 12.0. The largest absolute Gasteiger partial charge is 0.396 e. The highest BCUT2D eigenvalue weighted by atomic mass is 16.5. The standard InChI is InChI=1S/C24H38O3/c25-9-13-1-19-16-6-18(22(8-16)23(19)2-13)12-27-11-14-3-20-15-5-17(10-26)21(7-15)24(20)4-14/h13-26H,1-12H2. The summed E-state index contributed by atoms with van der Waals surface area (Å²) in [5.41, 5.74) is 0. The fraction of sp³-hybridized carbons (Fsp3) is 1.00. The second-order valence-electron chi connectivity index (χ2n) is 11.5. The number of rotatable bonds is 6. The van der Waals surface area contributed by atoms with E-state index in [1.807, 2.05) is 0 Å². The zero-order chi connectivity index (χ0) is 18.1. The van der Waals surface area contributed by atoms with Crippen LogP contribution in [0, 0.1) is 71.0 Å². The Labute approximate surface area is 164 Å². The maximum atomic E-state index is 9.65. The van der Waals surface area contributed by atoms with Gasteiger partial charge in [0.25, 0.3) is 0 Å². The van der Waals surface area contributed by atoms with Crippen molar-refractivity contribution in [2.45, 2.75) is 51.4 Å². The normalized spacial score (nSPS) is 57.6. The quantitative estimate of drug-likeness (QED) is 0.747. The molecule has 0 aromatic heterocycles. The van der Waals surface area contributed by atoms with Crippen molar-refractivity contribution in [3.8, 4) is 0 Å². The topological polar surface area (TPSA) is 49.7 Å². The van der Waals surface area contributed by atoms with Crippen molar-refractivity contribution in [1.82, 2.24) is 0 Å². The number of fused-ring (bicyclic) bond motifs is 10. The molecule has 6 rings (SSSR count). The molecule has 3 heteroatoms. The molecule has 152 valence electrons. The Balaban J connectivity index is 0.990. The summed E-state index contributed by atoms with van der Waals surface area (Å²) >= 11 is 0. The Morgan fingerprint density at radius 3 is 1.81 bits per heavy atom. The van der Waals surface area contributed by atoms with Crippen LogP contribution in [0.1, 0.15) is 51.4 Å². The Morgan fingerprint density at radius 1 is 0.519 bits per heavy atom. The maximum absolute atomic E-state index is 9.65. The van der Waals surface area contributed by atoms with Crippen molar-refractivity contribution >= 4 is 0 Å². The van der Waals surface area contributed by atoms with E-state index in [4.69, 9.17) is 4.74 Å². The first kappa shape index (κ1) is 17.7. The van der Waals surface area contributed by atoms with E-state index >= 15 is 0 Å². The van der Waals surface area contributed by atoms with E-state index in [9.17, 15) is 10.2 Å². The van der Waals surface area contributed by atoms with Gasteiger partial charge < -0.3 is 14.9 Å². The molecule has 0 radical (unpaired) electrons. The Bertz CT molecular complexity index is 562. The molecular formula is C24H38O3. The summed E-state index contributed by atoms with van der Waals surface area (Å²) in [5.74, 6) is 10.1. The van der Waals surface area contributed by atoms with Gasteiger partial charge in [-0.2, -0.15) is 0 Å². The van der Waals surface area contributed by atoms with Crippen LogP contribution in [0.2, 0.25) is 0 Å². The van der Waals surface area contributed by atoms with Gasteiger partial charge in [0, 0.05) is 26.4 Å². The first-order chi connectivity index (χ1) is 13.2. The maximum Gasteiger partial charge on any atom is 0.0497 e. The minimum absolute atomic E-state index is 0.413. The third-order valence-electron chi connectivity index (χ3n) is 10.6. The minimum Gasteiger partial charge on any atom is -0.396 e. The molecule has 12 unspecified atom stereocenters. The Kier molecular flexibility index (Phi) is 4.40. The van der Waals surface area contributed by atoms with E-state index in [-0.39, 0.29) is 0 Å². The van der Waals surface area contributed by atoms with Crippen LogP contribution in [0.15, 0.2) is 0 Å². The van der Waals surface area contributed by atoms with Crippen molar-refractivity contribution in [3.63, 3.8) is 0 Å². The summed E-state index contributed by atoms with van der Waals surface area (Å²) < 4.78 is 6.37. The lowest BCUT2D eigenvalue weighted by Crippen LogP contribution is -2.28. The summed E-state index contributed by atoms with van der Waals surface area (Å²) in [6, 6.07) is 0. The molecule has 12 atom stereocenters. The smallest absolute Gasteiger partial charge is 0.0497 e. The van der Waals surface area contributed by atoms with E-state index < -0.39 is 0 Å². The Morgan fingerprint density at radius 2 is 1.11 bits per heavy atom. The summed E-state index contributed by atoms with van der Waals surface area (Å²) in [6.45, 7) is 2.84. The lowest BCUT2D eigenvalue weighted by Gasteiger charge is -2.31. The average molecular weight is 375 g/mol. The lowest BCUT2D eigenvalue weighted by atomic mass is 9.76. The molecule has 0 aliphatic heterocycles. The van der Waals surface area contributed by atoms with Gasteiger partial charge in [0.15, 0.2) is 0 Å². The average Bonchev–Trinajstić information content (AvgIpc) is 3.47. The zero-order valence-corrected chi connectivity index (χ0v) is 16.7. The molecule has 6 aliphatic carbocycles. The van der Waals surface area contributed by atoms with Gasteiger partial charge >= 0.3 is 0 Å². The van der Waals surface area contributed by atoms with Crippen LogP contribution in [-0.4, -0.2) is 36.6 Å². The van der Waals surface area contributed by atoms with Crippen molar-refractivity contribution in [2.24, 2.45) is 71.0 Å². The highest BCUT2D eigenvalue weighted by Gasteiger charge is 2.57. The van der Waals surface area contributed by atoms with Crippen molar-refractivity contribution in [3.05, 3.63) is 0 Å². The van der Waals surface area contributed by atoms with Gasteiger partial charge in [0.1, 0.15) is 0 Å². The number of aliphatic hydroxyl groups is 2. The number of hydrogen-bond acceptors (Lipinski definition) is 3. The van der Waals surface area contributed by atoms with E-state index in [1.54, 1.807) is 0 Å². The lowest BCUT2D eigenvalue weighted by molar-refractivity contribution is 0.0367. The molecule has 0 saturated heterocycles. The first-order valence-corrected chi connectivity index (χ1v) is 12.0. The van der Waals surface area contributed by atoms with Crippen LogP contribution < -0.4 is 0 Å². The third kappa shape index (κ3) is 2.70. The molecule has 3 nitrogen and oxygen atoms in total. The fourth-order valence-electron chi connectivity index (χ4n) is 9.72. The highest BCUT2D eigenvalue weighted by Crippen LogP contribution is 2.63. The summed E-state index contributed by atoms with van der Waals surface area (Å²) in [4.78, 5) is 0. The minimum atomic E-state index is 0.413. The third-order valence-corrected chi connectivity index (χ3v) is 10.6. The number of ether oxygens (including phenoxy) is 1. The predicted octanol–water partition coefficient (Wildman–Crippen LogP) is 3.58. The summed E-state index contributed by atoms with van der Waals surface area (Å²) in [5, 5.41) is 19.2. The molecular weight excluding hydrogens is 336 g/mol. The van der Waals surface area contributed by atoms with Crippen LogP contribution in [0.4, 0.5) is 0 Å². The van der Waals surface area contributed by atoms with Crippen LogP contribution in [-0.2, 0) is 4.74 Å². The van der Waals surface area contributed by atoms with Gasteiger partial charge in [-0.1, -0.05) is 0 Å². The van der Waals surface area contributed by atoms with Crippen molar-refractivity contribution in [2.75, 3.05) is 26.4 Å². The second-order valence-corrected chi connectivity index (χ2v) is 11.5. The SMILES string of the molecule is OCC1CC2C3CC(COCC4CC5C6CC(CO)C(C6)C5C4)C(C3)C2C1. The molecule has 6 aliphatic rings. The molecule has 6 fully saturated rings. The fourth-order valence-corrected chi connectivity index (χ4v) is 9.72. The predicted molar refractivity (Wildman–Crippen MR) is 104 cm³/mol. The van der Waals surface area contributed by atoms with E-state index in [0.29, 0.717) is 25.0 Å². The van der Waals surface area contributed by atoms with Crippen molar-refractivity contribution in [1.29, 1.82) is 0 Å². The molecule has 0 spiro atoms. The molecule has 4 bridgehead atoms. The number of aliphatic hydroxyl groups excluding tert-OH is 2. The summed E-state index contributed by atoms with van der Waals surface area (Å²) in [6.07, 6.45) is 11.0. The van der Waals surface area contributed by atoms with E-state index in [2.05, 4.69) is 0 Å². The van der Waals surface area contributed by atoms with Gasteiger partial charge in [0.05, 0.1) is 0 Å². The molecule has 0 aromatic carbocycles. The molecule has 0 heterocycles. The number of hydrogen-bond donors (Lipinski definition) is 2. The molecule has 6 saturated carbocycles. The van der Waals surface area contributed by atoms with E-state index in [1.165, 1.54) is 51.4 Å². The van der Waals surface area contributed by atoms with Crippen LogP contribution in [0.25, 0.3) is 0 Å². The highest BCUT2D eigenvalue weighted by molar-refractivity contribution is 5.06. The molecule has 0 aromatic rings. The zero-order valence-electron chi connectivity index (χ0n) is 16.7. The monoisotopic (exact) mass is 374 g/mol. The van der Waals surface area contributed by atoms with Crippen molar-refractivity contribution < 1.29 is 14.9 Å². The van der Waals surface area contributed by atoms with Crippen LogP contribution in [0.5, 0.6) is 0 Å². The molecule has 2 N–H and O–H groups in total. The van der Waals surface area contributed by atoms with Crippen LogP contribution >= 0.6 is 0 Å². The van der Waals surface area contributed by atoms with Gasteiger partial charge in [-0.25, -0.2) is 0 Å². The van der Waals surface area contributed by atoms with Gasteiger partial charge in [-0.3, -0.25) is 0 Å². The van der Waals surface area contributed by atoms with Gasteiger partial charge in [-0.15, -0.1) is 0 Å². The molecule has 0 amide bonds. The Hall–Kier alpha value is -0.120. The second kappa shape index (κ2) is 6.71. The summed E-state index contributed by atoms with van der Waals surface area (Å²) in [7, 11) is 0. The van der Waals surface area contributed by atoms with Gasteiger partial charge in [-0.05, 0) is 122 Å². The van der Waals surface area contributed by atoms with E-state index in [0.717, 1.165) is 72.4 Å². The molecule has 27 heavy (non-hydrogen) atoms.